The molecule has 2 aromatic carbocycles. The highest BCUT2D eigenvalue weighted by Gasteiger charge is 2.14. The number of anilines is 1. The summed E-state index contributed by atoms with van der Waals surface area (Å²) in [6, 6.07) is 8.69. The average molecular weight is 354 g/mol. The van der Waals surface area contributed by atoms with Gasteiger partial charge in [0, 0.05) is 0 Å². The number of hydrogen-bond acceptors (Lipinski definition) is 3. The maximum absolute atomic E-state index is 12.3. The number of benzene rings is 2. The van der Waals surface area contributed by atoms with Crippen LogP contribution in [-0.4, -0.2) is 20.1 Å². The van der Waals surface area contributed by atoms with E-state index in [-0.39, 0.29) is 12.3 Å². The summed E-state index contributed by atoms with van der Waals surface area (Å²) in [5, 5.41) is 3.54. The van der Waals surface area contributed by atoms with E-state index in [9.17, 15) is 4.79 Å². The third-order valence-corrected chi connectivity index (χ3v) is 4.05. The Balaban J connectivity index is 2.20. The first-order chi connectivity index (χ1) is 11.0. The summed E-state index contributed by atoms with van der Waals surface area (Å²) in [6.07, 6.45) is 0.174. The van der Waals surface area contributed by atoms with Crippen molar-refractivity contribution in [2.45, 2.75) is 13.3 Å². The first-order valence-corrected chi connectivity index (χ1v) is 7.67. The van der Waals surface area contributed by atoms with E-state index < -0.39 is 0 Å². The number of carbonyl (C=O) groups excluding carboxylic acids is 1. The zero-order valence-electron chi connectivity index (χ0n) is 13.1. The van der Waals surface area contributed by atoms with E-state index in [2.05, 4.69) is 5.32 Å². The van der Waals surface area contributed by atoms with E-state index >= 15 is 0 Å². The lowest BCUT2D eigenvalue weighted by Gasteiger charge is -2.13. The Morgan fingerprint density at radius 1 is 1.09 bits per heavy atom. The van der Waals surface area contributed by atoms with E-state index in [0.29, 0.717) is 27.2 Å². The van der Waals surface area contributed by atoms with E-state index in [0.717, 1.165) is 11.1 Å². The highest BCUT2D eigenvalue weighted by atomic mass is 35.5. The molecule has 0 saturated heterocycles. The second kappa shape index (κ2) is 7.57. The molecule has 6 heteroatoms. The highest BCUT2D eigenvalue weighted by molar-refractivity contribution is 6.39. The summed E-state index contributed by atoms with van der Waals surface area (Å²) >= 11 is 12.1. The molecule has 23 heavy (non-hydrogen) atoms. The van der Waals surface area contributed by atoms with Crippen molar-refractivity contribution in [1.29, 1.82) is 0 Å². The smallest absolute Gasteiger partial charge is 0.228 e. The van der Waals surface area contributed by atoms with Crippen molar-refractivity contribution in [2.24, 2.45) is 0 Å². The van der Waals surface area contributed by atoms with Crippen LogP contribution in [0.1, 0.15) is 11.1 Å². The Hall–Kier alpha value is -1.91. The molecule has 1 amide bonds. The van der Waals surface area contributed by atoms with Crippen LogP contribution < -0.4 is 14.8 Å². The van der Waals surface area contributed by atoms with Crippen molar-refractivity contribution in [1.82, 2.24) is 0 Å². The molecule has 4 nitrogen and oxygen atoms in total. The number of amides is 1. The van der Waals surface area contributed by atoms with Gasteiger partial charge in [-0.15, -0.1) is 0 Å². The van der Waals surface area contributed by atoms with Crippen LogP contribution in [0.3, 0.4) is 0 Å². The molecule has 1 N–H and O–H groups in total. The van der Waals surface area contributed by atoms with Crippen LogP contribution >= 0.6 is 23.2 Å². The lowest BCUT2D eigenvalue weighted by atomic mass is 10.0. The average Bonchev–Trinajstić information content (AvgIpc) is 2.52. The van der Waals surface area contributed by atoms with Crippen LogP contribution in [0.25, 0.3) is 0 Å². The maximum Gasteiger partial charge on any atom is 0.228 e. The quantitative estimate of drug-likeness (QED) is 0.860. The zero-order valence-corrected chi connectivity index (χ0v) is 14.6. The van der Waals surface area contributed by atoms with Gasteiger partial charge in [-0.05, 0) is 42.3 Å². The molecule has 0 fully saturated rings. The number of nitrogens with one attached hydrogen (secondary N) is 1. The SMILES string of the molecule is COc1cc(C)c(CC(=O)Nc2c(Cl)cccc2Cl)cc1OC. The number of ether oxygens (including phenoxy) is 2. The number of methoxy groups -OCH3 is 2. The predicted octanol–water partition coefficient (Wildman–Crippen LogP) is 4.50. The van der Waals surface area contributed by atoms with Gasteiger partial charge in [0.1, 0.15) is 0 Å². The Morgan fingerprint density at radius 3 is 2.22 bits per heavy atom. The van der Waals surface area contributed by atoms with Crippen LogP contribution in [0.2, 0.25) is 10.0 Å². The topological polar surface area (TPSA) is 47.6 Å². The zero-order chi connectivity index (χ0) is 17.0. The van der Waals surface area contributed by atoms with Gasteiger partial charge < -0.3 is 14.8 Å². The van der Waals surface area contributed by atoms with Gasteiger partial charge in [-0.25, -0.2) is 0 Å². The monoisotopic (exact) mass is 353 g/mol. The summed E-state index contributed by atoms with van der Waals surface area (Å²) in [6.45, 7) is 1.91. The van der Waals surface area contributed by atoms with Crippen molar-refractivity contribution in [3.63, 3.8) is 0 Å². The lowest BCUT2D eigenvalue weighted by molar-refractivity contribution is -0.115. The predicted molar refractivity (Wildman–Crippen MR) is 93.1 cm³/mol. The molecule has 2 rings (SSSR count). The number of carbonyl (C=O) groups is 1. The molecule has 0 bridgehead atoms. The summed E-state index contributed by atoms with van der Waals surface area (Å²) in [4.78, 5) is 12.3. The molecular formula is C17H17Cl2NO3. The van der Waals surface area contributed by atoms with Crippen molar-refractivity contribution in [3.05, 3.63) is 51.5 Å². The fourth-order valence-corrected chi connectivity index (χ4v) is 2.68. The van der Waals surface area contributed by atoms with Crippen LogP contribution in [0.5, 0.6) is 11.5 Å². The van der Waals surface area contributed by atoms with Gasteiger partial charge in [-0.3, -0.25) is 4.79 Å². The largest absolute Gasteiger partial charge is 0.493 e. The molecule has 0 aliphatic rings. The molecule has 0 heterocycles. The Bertz CT molecular complexity index is 712. The van der Waals surface area contributed by atoms with Crippen LogP contribution in [0.4, 0.5) is 5.69 Å². The Labute approximate surface area is 145 Å². The van der Waals surface area contributed by atoms with Crippen LogP contribution in [0.15, 0.2) is 30.3 Å². The van der Waals surface area contributed by atoms with Gasteiger partial charge in [0.15, 0.2) is 11.5 Å². The lowest BCUT2D eigenvalue weighted by Crippen LogP contribution is -2.15. The number of halogens is 2. The second-order valence-corrected chi connectivity index (χ2v) is 5.77. The molecule has 0 radical (unpaired) electrons. The van der Waals surface area contributed by atoms with E-state index in [1.54, 1.807) is 38.5 Å². The summed E-state index contributed by atoms with van der Waals surface area (Å²) in [5.74, 6) is 0.996. The molecular weight excluding hydrogens is 337 g/mol. The molecule has 0 saturated carbocycles. The Morgan fingerprint density at radius 2 is 1.65 bits per heavy atom. The normalized spacial score (nSPS) is 10.3. The number of rotatable bonds is 5. The van der Waals surface area contributed by atoms with Crippen molar-refractivity contribution < 1.29 is 14.3 Å². The molecule has 2 aromatic rings. The first-order valence-electron chi connectivity index (χ1n) is 6.91. The van der Waals surface area contributed by atoms with Crippen molar-refractivity contribution >= 4 is 34.8 Å². The van der Waals surface area contributed by atoms with E-state index in [4.69, 9.17) is 32.7 Å². The fourth-order valence-electron chi connectivity index (χ4n) is 2.19. The number of aryl methyl sites for hydroxylation is 1. The fraction of sp³-hybridized carbons (Fsp3) is 0.235. The first kappa shape index (κ1) is 17.4. The number of hydrogen-bond donors (Lipinski definition) is 1. The molecule has 0 aromatic heterocycles. The van der Waals surface area contributed by atoms with Gasteiger partial charge in [0.2, 0.25) is 5.91 Å². The molecule has 122 valence electrons. The van der Waals surface area contributed by atoms with Crippen molar-refractivity contribution in [3.8, 4) is 11.5 Å². The standard InChI is InChI=1S/C17H17Cl2NO3/c1-10-7-14(22-2)15(23-3)8-11(10)9-16(21)20-17-12(18)5-4-6-13(17)19/h4-8H,9H2,1-3H3,(H,20,21). The molecule has 0 atom stereocenters. The Kier molecular flexibility index (Phi) is 5.74. The second-order valence-electron chi connectivity index (χ2n) is 4.96. The third-order valence-electron chi connectivity index (χ3n) is 3.42. The van der Waals surface area contributed by atoms with Gasteiger partial charge in [0.05, 0.1) is 36.4 Å². The minimum absolute atomic E-state index is 0.174. The molecule has 0 aliphatic heterocycles. The van der Waals surface area contributed by atoms with E-state index in [1.165, 1.54) is 0 Å². The summed E-state index contributed by atoms with van der Waals surface area (Å²) in [5.41, 5.74) is 2.19. The molecule has 0 spiro atoms. The van der Waals surface area contributed by atoms with Gasteiger partial charge >= 0.3 is 0 Å². The summed E-state index contributed by atoms with van der Waals surface area (Å²) < 4.78 is 10.5. The van der Waals surface area contributed by atoms with Gasteiger partial charge in [-0.1, -0.05) is 29.3 Å². The van der Waals surface area contributed by atoms with Gasteiger partial charge in [-0.2, -0.15) is 0 Å². The summed E-state index contributed by atoms with van der Waals surface area (Å²) in [7, 11) is 3.13. The third kappa shape index (κ3) is 4.09. The van der Waals surface area contributed by atoms with Crippen LogP contribution in [-0.2, 0) is 11.2 Å². The maximum atomic E-state index is 12.3. The minimum Gasteiger partial charge on any atom is -0.493 e. The highest BCUT2D eigenvalue weighted by Crippen LogP contribution is 2.32. The van der Waals surface area contributed by atoms with Crippen molar-refractivity contribution in [2.75, 3.05) is 19.5 Å². The van der Waals surface area contributed by atoms with Gasteiger partial charge in [0.25, 0.3) is 0 Å². The number of para-hydroxylation sites is 1. The van der Waals surface area contributed by atoms with Crippen LogP contribution in [0, 0.1) is 6.92 Å². The van der Waals surface area contributed by atoms with E-state index in [1.807, 2.05) is 13.0 Å². The molecule has 0 aliphatic carbocycles. The molecule has 0 unspecified atom stereocenters. The minimum atomic E-state index is -0.213.